The molecule has 0 spiro atoms. The van der Waals surface area contributed by atoms with Crippen LogP contribution in [-0.4, -0.2) is 6.61 Å². The largest absolute Gasteiger partial charge is 0.494 e. The molecule has 1 saturated carbocycles. The van der Waals surface area contributed by atoms with E-state index in [1.165, 1.54) is 75.0 Å². The lowest BCUT2D eigenvalue weighted by Gasteiger charge is -2.29. The van der Waals surface area contributed by atoms with Crippen LogP contribution in [0.15, 0.2) is 36.4 Å². The molecule has 148 valence electrons. The summed E-state index contributed by atoms with van der Waals surface area (Å²) >= 11 is 0. The second-order valence-electron chi connectivity index (χ2n) is 8.54. The van der Waals surface area contributed by atoms with Crippen molar-refractivity contribution >= 4 is 10.8 Å². The summed E-state index contributed by atoms with van der Waals surface area (Å²) in [5.41, 5.74) is 1.55. The highest BCUT2D eigenvalue weighted by Gasteiger charge is 2.22. The molecule has 0 saturated heterocycles. The van der Waals surface area contributed by atoms with Gasteiger partial charge in [-0.25, -0.2) is 0 Å². The molecule has 0 aromatic heterocycles. The zero-order chi connectivity index (χ0) is 18.9. The first-order chi connectivity index (χ1) is 13.3. The molecule has 1 fully saturated rings. The molecular weight excluding hydrogens is 328 g/mol. The van der Waals surface area contributed by atoms with Crippen LogP contribution in [0, 0.1) is 5.92 Å². The van der Waals surface area contributed by atoms with E-state index in [0.717, 1.165) is 30.6 Å². The lowest BCUT2D eigenvalue weighted by molar-refractivity contribution is 0.302. The molecule has 2 aromatic rings. The molecular formula is C26H38O. The number of fused-ring (bicyclic) bond motifs is 1. The van der Waals surface area contributed by atoms with Crippen molar-refractivity contribution in [3.8, 4) is 5.75 Å². The average Bonchev–Trinajstić information content (AvgIpc) is 2.71. The Morgan fingerprint density at radius 2 is 1.52 bits per heavy atom. The lowest BCUT2D eigenvalue weighted by Crippen LogP contribution is -2.13. The third kappa shape index (κ3) is 5.99. The van der Waals surface area contributed by atoms with Crippen LogP contribution in [0.2, 0.25) is 0 Å². The Balaban J connectivity index is 1.54. The molecule has 27 heavy (non-hydrogen) atoms. The van der Waals surface area contributed by atoms with E-state index in [9.17, 15) is 0 Å². The Kier molecular flexibility index (Phi) is 8.05. The molecule has 0 unspecified atom stereocenters. The Morgan fingerprint density at radius 1 is 0.778 bits per heavy atom. The molecule has 0 atom stereocenters. The fourth-order valence-corrected chi connectivity index (χ4v) is 4.56. The smallest absolute Gasteiger partial charge is 0.119 e. The standard InChI is InChI=1S/C26H38O/c1-3-5-7-8-9-21-10-12-22(13-11-21)23-14-15-25-20-26(27-18-6-4-2)17-16-24(25)19-23/h14-17,19-22H,3-13,18H2,1-2H3/t21-,22-. The Morgan fingerprint density at radius 3 is 2.30 bits per heavy atom. The van der Waals surface area contributed by atoms with E-state index in [-0.39, 0.29) is 0 Å². The van der Waals surface area contributed by atoms with Gasteiger partial charge in [-0.15, -0.1) is 0 Å². The van der Waals surface area contributed by atoms with E-state index >= 15 is 0 Å². The third-order valence-electron chi connectivity index (χ3n) is 6.39. The van der Waals surface area contributed by atoms with Gasteiger partial charge in [0.05, 0.1) is 6.61 Å². The third-order valence-corrected chi connectivity index (χ3v) is 6.39. The highest BCUT2D eigenvalue weighted by Crippen LogP contribution is 2.38. The summed E-state index contributed by atoms with van der Waals surface area (Å²) in [4.78, 5) is 0. The van der Waals surface area contributed by atoms with Crippen LogP contribution < -0.4 is 4.74 Å². The average molecular weight is 367 g/mol. The van der Waals surface area contributed by atoms with Gasteiger partial charge < -0.3 is 4.74 Å². The molecule has 0 aliphatic heterocycles. The number of hydrogen-bond acceptors (Lipinski definition) is 1. The van der Waals surface area contributed by atoms with Gasteiger partial charge in [0, 0.05) is 0 Å². The molecule has 0 N–H and O–H groups in total. The molecule has 1 heteroatoms. The van der Waals surface area contributed by atoms with Gasteiger partial charge in [0.15, 0.2) is 0 Å². The van der Waals surface area contributed by atoms with Crippen LogP contribution in [0.25, 0.3) is 10.8 Å². The molecule has 0 radical (unpaired) electrons. The van der Waals surface area contributed by atoms with E-state index in [2.05, 4.69) is 50.2 Å². The van der Waals surface area contributed by atoms with Crippen molar-refractivity contribution in [2.45, 2.75) is 90.4 Å². The SMILES string of the molecule is CCCCCC[C@H]1CC[C@H](c2ccc3cc(OCCCC)ccc3c2)CC1. The number of hydrogen-bond donors (Lipinski definition) is 0. The summed E-state index contributed by atoms with van der Waals surface area (Å²) < 4.78 is 5.86. The maximum Gasteiger partial charge on any atom is 0.119 e. The Bertz CT molecular complexity index is 682. The minimum atomic E-state index is 0.766. The van der Waals surface area contributed by atoms with Gasteiger partial charge in [0.1, 0.15) is 5.75 Å². The molecule has 2 aromatic carbocycles. The van der Waals surface area contributed by atoms with Crippen LogP contribution in [-0.2, 0) is 0 Å². The molecule has 0 bridgehead atoms. The predicted molar refractivity (Wildman–Crippen MR) is 118 cm³/mol. The van der Waals surface area contributed by atoms with Crippen molar-refractivity contribution in [1.82, 2.24) is 0 Å². The molecule has 3 rings (SSSR count). The van der Waals surface area contributed by atoms with Gasteiger partial charge in [-0.3, -0.25) is 0 Å². The van der Waals surface area contributed by atoms with Gasteiger partial charge in [-0.1, -0.05) is 76.6 Å². The molecule has 0 heterocycles. The molecule has 0 amide bonds. The lowest BCUT2D eigenvalue weighted by atomic mass is 9.77. The van der Waals surface area contributed by atoms with Crippen molar-refractivity contribution in [2.24, 2.45) is 5.92 Å². The molecule has 1 nitrogen and oxygen atoms in total. The van der Waals surface area contributed by atoms with E-state index in [4.69, 9.17) is 4.74 Å². The van der Waals surface area contributed by atoms with Crippen LogP contribution in [0.4, 0.5) is 0 Å². The second-order valence-corrected chi connectivity index (χ2v) is 8.54. The maximum atomic E-state index is 5.86. The zero-order valence-electron chi connectivity index (χ0n) is 17.5. The van der Waals surface area contributed by atoms with E-state index in [1.54, 1.807) is 5.56 Å². The van der Waals surface area contributed by atoms with Gasteiger partial charge in [-0.2, -0.15) is 0 Å². The van der Waals surface area contributed by atoms with Crippen molar-refractivity contribution in [2.75, 3.05) is 6.61 Å². The fourth-order valence-electron chi connectivity index (χ4n) is 4.56. The Labute approximate surface area is 166 Å². The number of benzene rings is 2. The van der Waals surface area contributed by atoms with Gasteiger partial charge in [0.2, 0.25) is 0 Å². The maximum absolute atomic E-state index is 5.86. The van der Waals surface area contributed by atoms with Crippen LogP contribution in [0.1, 0.15) is 96.0 Å². The predicted octanol–water partition coefficient (Wildman–Crippen LogP) is 8.26. The number of rotatable bonds is 10. The van der Waals surface area contributed by atoms with Crippen molar-refractivity contribution in [3.05, 3.63) is 42.0 Å². The first-order valence-electron chi connectivity index (χ1n) is 11.5. The van der Waals surface area contributed by atoms with Gasteiger partial charge >= 0.3 is 0 Å². The van der Waals surface area contributed by atoms with E-state index in [0.29, 0.717) is 0 Å². The van der Waals surface area contributed by atoms with Crippen LogP contribution in [0.3, 0.4) is 0 Å². The summed E-state index contributed by atoms with van der Waals surface area (Å²) in [5, 5.41) is 2.66. The van der Waals surface area contributed by atoms with Crippen molar-refractivity contribution in [3.63, 3.8) is 0 Å². The van der Waals surface area contributed by atoms with Crippen molar-refractivity contribution in [1.29, 1.82) is 0 Å². The minimum Gasteiger partial charge on any atom is -0.494 e. The van der Waals surface area contributed by atoms with Crippen LogP contribution in [0.5, 0.6) is 5.75 Å². The minimum absolute atomic E-state index is 0.766. The first kappa shape index (κ1) is 20.2. The number of ether oxygens (including phenoxy) is 1. The quantitative estimate of drug-likeness (QED) is 0.384. The highest BCUT2D eigenvalue weighted by molar-refractivity contribution is 5.84. The van der Waals surface area contributed by atoms with Gasteiger partial charge in [-0.05, 0) is 72.4 Å². The Hall–Kier alpha value is -1.50. The topological polar surface area (TPSA) is 9.23 Å². The van der Waals surface area contributed by atoms with Crippen molar-refractivity contribution < 1.29 is 4.74 Å². The molecule has 1 aliphatic carbocycles. The highest BCUT2D eigenvalue weighted by atomic mass is 16.5. The fraction of sp³-hybridized carbons (Fsp3) is 0.615. The normalized spacial score (nSPS) is 20.1. The summed E-state index contributed by atoms with van der Waals surface area (Å²) in [6.07, 6.45) is 15.0. The van der Waals surface area contributed by atoms with E-state index < -0.39 is 0 Å². The first-order valence-corrected chi connectivity index (χ1v) is 11.5. The zero-order valence-corrected chi connectivity index (χ0v) is 17.5. The van der Waals surface area contributed by atoms with Crippen LogP contribution >= 0.6 is 0 Å². The summed E-state index contributed by atoms with van der Waals surface area (Å²) in [5.74, 6) is 2.76. The molecule has 1 aliphatic rings. The summed E-state index contributed by atoms with van der Waals surface area (Å²) in [6.45, 7) is 5.32. The summed E-state index contributed by atoms with van der Waals surface area (Å²) in [6, 6.07) is 13.7. The summed E-state index contributed by atoms with van der Waals surface area (Å²) in [7, 11) is 0. The second kappa shape index (κ2) is 10.7. The monoisotopic (exact) mass is 366 g/mol. The number of unbranched alkanes of at least 4 members (excludes halogenated alkanes) is 4. The van der Waals surface area contributed by atoms with E-state index in [1.807, 2.05) is 0 Å². The van der Waals surface area contributed by atoms with Gasteiger partial charge in [0.25, 0.3) is 0 Å².